The molecule has 3 nitrogen and oxygen atoms in total. The summed E-state index contributed by atoms with van der Waals surface area (Å²) in [7, 11) is 0. The molecule has 0 amide bonds. The number of hydrogen-bond acceptors (Lipinski definition) is 3. The van der Waals surface area contributed by atoms with Crippen LogP contribution in [0.15, 0.2) is 0 Å². The predicted octanol–water partition coefficient (Wildman–Crippen LogP) is -0.561. The molecule has 1 fully saturated rings. The van der Waals surface area contributed by atoms with Crippen molar-refractivity contribution in [2.75, 3.05) is 6.54 Å². The minimum atomic E-state index is -1.14. The fourth-order valence-corrected chi connectivity index (χ4v) is 1.21. The second-order valence-electron chi connectivity index (χ2n) is 2.51. The summed E-state index contributed by atoms with van der Waals surface area (Å²) in [5.41, 5.74) is 0. The molecule has 1 unspecified atom stereocenters. The van der Waals surface area contributed by atoms with Crippen molar-refractivity contribution < 1.29 is 10.2 Å². The van der Waals surface area contributed by atoms with Gasteiger partial charge in [-0.2, -0.15) is 0 Å². The van der Waals surface area contributed by atoms with Crippen molar-refractivity contribution in [1.82, 2.24) is 5.32 Å². The minimum absolute atomic E-state index is 0.338. The van der Waals surface area contributed by atoms with Gasteiger partial charge in [-0.25, -0.2) is 0 Å². The highest BCUT2D eigenvalue weighted by Gasteiger charge is 2.15. The Labute approximate surface area is 54.7 Å². The van der Waals surface area contributed by atoms with Gasteiger partial charge < -0.3 is 15.5 Å². The molecule has 1 heterocycles. The van der Waals surface area contributed by atoms with Gasteiger partial charge in [-0.3, -0.25) is 0 Å². The molecule has 1 atom stereocenters. The second kappa shape index (κ2) is 3.15. The summed E-state index contributed by atoms with van der Waals surface area (Å²) in [5, 5.41) is 20.2. The van der Waals surface area contributed by atoms with Crippen molar-refractivity contribution in [2.45, 2.75) is 31.6 Å². The van der Waals surface area contributed by atoms with Gasteiger partial charge >= 0.3 is 0 Å². The molecule has 1 saturated heterocycles. The van der Waals surface area contributed by atoms with Crippen molar-refractivity contribution in [3.05, 3.63) is 0 Å². The number of aliphatic hydroxyl groups is 2. The molecule has 0 aliphatic carbocycles. The van der Waals surface area contributed by atoms with Gasteiger partial charge in [0.25, 0.3) is 0 Å². The molecule has 9 heavy (non-hydrogen) atoms. The fourth-order valence-electron chi connectivity index (χ4n) is 1.21. The van der Waals surface area contributed by atoms with E-state index in [1.807, 2.05) is 0 Å². The van der Waals surface area contributed by atoms with Crippen LogP contribution < -0.4 is 5.32 Å². The van der Waals surface area contributed by atoms with E-state index in [9.17, 15) is 0 Å². The normalized spacial score (nSPS) is 27.7. The third kappa shape index (κ3) is 2.30. The van der Waals surface area contributed by atoms with E-state index in [-0.39, 0.29) is 0 Å². The molecule has 1 aliphatic rings. The van der Waals surface area contributed by atoms with E-state index < -0.39 is 6.29 Å². The van der Waals surface area contributed by atoms with E-state index in [4.69, 9.17) is 10.2 Å². The van der Waals surface area contributed by atoms with Gasteiger partial charge in [0.05, 0.1) is 0 Å². The summed E-state index contributed by atoms with van der Waals surface area (Å²) < 4.78 is 0. The molecule has 0 spiro atoms. The lowest BCUT2D eigenvalue weighted by Crippen LogP contribution is -2.26. The Balaban J connectivity index is 2.11. The zero-order valence-corrected chi connectivity index (χ0v) is 5.38. The van der Waals surface area contributed by atoms with Gasteiger partial charge in [0.2, 0.25) is 0 Å². The molecule has 0 radical (unpaired) electrons. The first-order valence-electron chi connectivity index (χ1n) is 3.38. The molecule has 3 N–H and O–H groups in total. The molecule has 3 heteroatoms. The quantitative estimate of drug-likeness (QED) is 0.440. The standard InChI is InChI=1S/C6H13NO2/c8-6(9)4-5-2-1-3-7-5/h5-9H,1-4H2. The molecular formula is C6H13NO2. The Morgan fingerprint density at radius 2 is 2.33 bits per heavy atom. The summed E-state index contributed by atoms with van der Waals surface area (Å²) >= 11 is 0. The Bertz CT molecular complexity index is 79.1. The molecule has 1 rings (SSSR count). The van der Waals surface area contributed by atoms with E-state index in [1.54, 1.807) is 0 Å². The van der Waals surface area contributed by atoms with Crippen LogP contribution in [0.5, 0.6) is 0 Å². The summed E-state index contributed by atoms with van der Waals surface area (Å²) in [5.74, 6) is 0. The maximum atomic E-state index is 8.53. The molecule has 0 bridgehead atoms. The molecular weight excluding hydrogens is 118 g/mol. The highest BCUT2D eigenvalue weighted by Crippen LogP contribution is 2.09. The van der Waals surface area contributed by atoms with Gasteiger partial charge in [0.15, 0.2) is 6.29 Å². The van der Waals surface area contributed by atoms with E-state index >= 15 is 0 Å². The summed E-state index contributed by atoms with van der Waals surface area (Å²) in [6, 6.07) is 0.338. The van der Waals surface area contributed by atoms with Crippen LogP contribution in [0.1, 0.15) is 19.3 Å². The van der Waals surface area contributed by atoms with Gasteiger partial charge in [-0.15, -0.1) is 0 Å². The van der Waals surface area contributed by atoms with Gasteiger partial charge in [-0.05, 0) is 19.4 Å². The Morgan fingerprint density at radius 3 is 2.78 bits per heavy atom. The van der Waals surface area contributed by atoms with Crippen LogP contribution in [0.4, 0.5) is 0 Å². The molecule has 0 aromatic heterocycles. The van der Waals surface area contributed by atoms with Crippen LogP contribution in [0.25, 0.3) is 0 Å². The zero-order valence-electron chi connectivity index (χ0n) is 5.38. The van der Waals surface area contributed by atoms with Crippen molar-refractivity contribution in [3.63, 3.8) is 0 Å². The molecule has 54 valence electrons. The monoisotopic (exact) mass is 131 g/mol. The SMILES string of the molecule is OC(O)CC1CCCN1. The van der Waals surface area contributed by atoms with Crippen molar-refractivity contribution in [1.29, 1.82) is 0 Å². The predicted molar refractivity (Wildman–Crippen MR) is 33.9 cm³/mol. The Morgan fingerprint density at radius 1 is 1.56 bits per heavy atom. The topological polar surface area (TPSA) is 52.5 Å². The largest absolute Gasteiger partial charge is 0.368 e. The first-order chi connectivity index (χ1) is 4.29. The Hall–Kier alpha value is -0.120. The number of nitrogens with one attached hydrogen (secondary N) is 1. The highest BCUT2D eigenvalue weighted by atomic mass is 16.5. The van der Waals surface area contributed by atoms with Crippen LogP contribution in [-0.2, 0) is 0 Å². The molecule has 0 aromatic carbocycles. The zero-order chi connectivity index (χ0) is 6.69. The van der Waals surface area contributed by atoms with Crippen LogP contribution in [-0.4, -0.2) is 29.1 Å². The molecule has 0 saturated carbocycles. The highest BCUT2D eigenvalue weighted by molar-refractivity contribution is 4.73. The maximum Gasteiger partial charge on any atom is 0.152 e. The number of rotatable bonds is 2. The third-order valence-electron chi connectivity index (χ3n) is 1.66. The maximum absolute atomic E-state index is 8.53. The van der Waals surface area contributed by atoms with Crippen LogP contribution in [0.2, 0.25) is 0 Å². The molecule has 0 aromatic rings. The summed E-state index contributed by atoms with van der Waals surface area (Å²) in [6.07, 6.45) is 1.58. The lowest BCUT2D eigenvalue weighted by molar-refractivity contribution is -0.0503. The van der Waals surface area contributed by atoms with E-state index in [0.717, 1.165) is 19.4 Å². The van der Waals surface area contributed by atoms with Crippen LogP contribution in [0.3, 0.4) is 0 Å². The van der Waals surface area contributed by atoms with Crippen molar-refractivity contribution >= 4 is 0 Å². The van der Waals surface area contributed by atoms with Crippen LogP contribution >= 0.6 is 0 Å². The number of hydrogen-bond donors (Lipinski definition) is 3. The first-order valence-corrected chi connectivity index (χ1v) is 3.38. The first kappa shape index (κ1) is 6.99. The average Bonchev–Trinajstić information content (AvgIpc) is 2.15. The second-order valence-corrected chi connectivity index (χ2v) is 2.51. The smallest absolute Gasteiger partial charge is 0.152 e. The van der Waals surface area contributed by atoms with E-state index in [0.29, 0.717) is 12.5 Å². The Kier molecular flexibility index (Phi) is 2.45. The third-order valence-corrected chi connectivity index (χ3v) is 1.66. The van der Waals surface area contributed by atoms with Crippen molar-refractivity contribution in [3.8, 4) is 0 Å². The fraction of sp³-hybridized carbons (Fsp3) is 1.00. The summed E-state index contributed by atoms with van der Waals surface area (Å²) in [6.45, 7) is 1.03. The van der Waals surface area contributed by atoms with Crippen molar-refractivity contribution in [2.24, 2.45) is 0 Å². The van der Waals surface area contributed by atoms with E-state index in [2.05, 4.69) is 5.32 Å². The van der Waals surface area contributed by atoms with Gasteiger partial charge in [-0.1, -0.05) is 0 Å². The lowest BCUT2D eigenvalue weighted by Gasteiger charge is -2.09. The summed E-state index contributed by atoms with van der Waals surface area (Å²) in [4.78, 5) is 0. The van der Waals surface area contributed by atoms with Crippen LogP contribution in [0, 0.1) is 0 Å². The van der Waals surface area contributed by atoms with Gasteiger partial charge in [0.1, 0.15) is 0 Å². The molecule has 1 aliphatic heterocycles. The average molecular weight is 131 g/mol. The lowest BCUT2D eigenvalue weighted by atomic mass is 10.1. The minimum Gasteiger partial charge on any atom is -0.368 e. The number of aliphatic hydroxyl groups excluding tert-OH is 1. The van der Waals surface area contributed by atoms with Gasteiger partial charge in [0, 0.05) is 12.5 Å². The van der Waals surface area contributed by atoms with E-state index in [1.165, 1.54) is 0 Å².